The zero-order valence-electron chi connectivity index (χ0n) is 14.2. The van der Waals surface area contributed by atoms with Crippen LogP contribution in [0, 0.1) is 0 Å². The van der Waals surface area contributed by atoms with E-state index < -0.39 is 0 Å². The fourth-order valence-corrected chi connectivity index (χ4v) is 2.43. The Morgan fingerprint density at radius 3 is 1.85 bits per heavy atom. The van der Waals surface area contributed by atoms with Crippen molar-refractivity contribution in [1.82, 2.24) is 0 Å². The maximum absolute atomic E-state index is 12.0. The van der Waals surface area contributed by atoms with Gasteiger partial charge in [0.2, 0.25) is 5.78 Å². The third-order valence-electron chi connectivity index (χ3n) is 3.94. The van der Waals surface area contributed by atoms with Crippen LogP contribution in [0.15, 0.2) is 63.5 Å². The van der Waals surface area contributed by atoms with Crippen molar-refractivity contribution < 1.29 is 4.79 Å². The number of hydrogen-bond donors (Lipinski definition) is 3. The summed E-state index contributed by atoms with van der Waals surface area (Å²) < 4.78 is 0. The standard InChI is InChI=1S/C19H20N6O/c20-10-12-1-5-14(6-2-12)23-16-9-17(26)18(22)25-19(16)24-15-7-3-13(11-21)4-8-15/h1-8H,9-11,20-21H2,(H2,22,24,25). The first-order valence-corrected chi connectivity index (χ1v) is 8.21. The first-order valence-electron chi connectivity index (χ1n) is 8.21. The number of rotatable bonds is 4. The molecule has 1 heterocycles. The molecule has 0 aliphatic carbocycles. The molecular weight excluding hydrogens is 328 g/mol. The topological polar surface area (TPSA) is 132 Å². The van der Waals surface area contributed by atoms with Gasteiger partial charge in [0.1, 0.15) is 0 Å². The lowest BCUT2D eigenvalue weighted by molar-refractivity contribution is -0.112. The van der Waals surface area contributed by atoms with E-state index in [4.69, 9.17) is 17.2 Å². The number of amidine groups is 2. The summed E-state index contributed by atoms with van der Waals surface area (Å²) in [5.41, 5.74) is 20.8. The van der Waals surface area contributed by atoms with E-state index in [2.05, 4.69) is 15.0 Å². The van der Waals surface area contributed by atoms with Gasteiger partial charge in [0.05, 0.1) is 23.5 Å². The molecule has 2 aromatic rings. The first kappa shape index (κ1) is 17.7. The number of carbonyl (C=O) groups is 1. The SMILES string of the molecule is NCc1ccc(N=C2CC(=O)C(N)=NC2=Nc2ccc(CN)cc2)cc1. The number of aliphatic imine (C=N–C) groups is 3. The number of nitrogens with two attached hydrogens (primary N) is 3. The second-order valence-corrected chi connectivity index (χ2v) is 5.83. The fourth-order valence-electron chi connectivity index (χ4n) is 2.43. The number of nitrogens with zero attached hydrogens (tertiary/aromatic N) is 3. The van der Waals surface area contributed by atoms with Crippen LogP contribution in [0.25, 0.3) is 0 Å². The lowest BCUT2D eigenvalue weighted by atomic mass is 10.1. The molecule has 26 heavy (non-hydrogen) atoms. The molecule has 0 bridgehead atoms. The van der Waals surface area contributed by atoms with Gasteiger partial charge >= 0.3 is 0 Å². The minimum atomic E-state index is -0.264. The average Bonchev–Trinajstić information content (AvgIpc) is 2.67. The van der Waals surface area contributed by atoms with Gasteiger partial charge in [-0.15, -0.1) is 0 Å². The van der Waals surface area contributed by atoms with Gasteiger partial charge in [0.15, 0.2) is 11.7 Å². The van der Waals surface area contributed by atoms with Gasteiger partial charge in [-0.1, -0.05) is 24.3 Å². The van der Waals surface area contributed by atoms with Gasteiger partial charge in [0.25, 0.3) is 0 Å². The zero-order valence-corrected chi connectivity index (χ0v) is 14.2. The highest BCUT2D eigenvalue weighted by Gasteiger charge is 2.23. The van der Waals surface area contributed by atoms with Crippen molar-refractivity contribution in [2.24, 2.45) is 32.2 Å². The van der Waals surface area contributed by atoms with Crippen LogP contribution >= 0.6 is 0 Å². The van der Waals surface area contributed by atoms with Crippen molar-refractivity contribution in [3.05, 3.63) is 59.7 Å². The average molecular weight is 348 g/mol. The van der Waals surface area contributed by atoms with E-state index in [-0.39, 0.29) is 18.0 Å². The Bertz CT molecular complexity index is 895. The predicted octanol–water partition coefficient (Wildman–Crippen LogP) is 1.74. The first-order chi connectivity index (χ1) is 12.6. The number of carbonyl (C=O) groups excluding carboxylic acids is 1. The Balaban J connectivity index is 1.98. The monoisotopic (exact) mass is 348 g/mol. The Labute approximate surface area is 151 Å². The molecule has 7 nitrogen and oxygen atoms in total. The highest BCUT2D eigenvalue weighted by molar-refractivity contribution is 6.58. The molecule has 2 aromatic carbocycles. The van der Waals surface area contributed by atoms with Crippen molar-refractivity contribution in [3.63, 3.8) is 0 Å². The number of Topliss-reactive ketones (excluding diaryl/α,β-unsaturated/α-hetero) is 1. The third-order valence-corrected chi connectivity index (χ3v) is 3.94. The molecule has 0 fully saturated rings. The summed E-state index contributed by atoms with van der Waals surface area (Å²) in [6.45, 7) is 0.920. The van der Waals surface area contributed by atoms with Crippen LogP contribution in [0.4, 0.5) is 11.4 Å². The lowest BCUT2D eigenvalue weighted by Crippen LogP contribution is -2.34. The molecule has 0 amide bonds. The van der Waals surface area contributed by atoms with E-state index in [1.165, 1.54) is 0 Å². The van der Waals surface area contributed by atoms with Gasteiger partial charge in [-0.3, -0.25) is 4.79 Å². The summed E-state index contributed by atoms with van der Waals surface area (Å²) >= 11 is 0. The maximum Gasteiger partial charge on any atom is 0.203 e. The van der Waals surface area contributed by atoms with Crippen LogP contribution in [0.3, 0.4) is 0 Å². The Morgan fingerprint density at radius 1 is 0.846 bits per heavy atom. The summed E-state index contributed by atoms with van der Waals surface area (Å²) in [5, 5.41) is 0. The van der Waals surface area contributed by atoms with E-state index >= 15 is 0 Å². The summed E-state index contributed by atoms with van der Waals surface area (Å²) in [5.74, 6) is 0.0185. The van der Waals surface area contributed by atoms with E-state index in [1.807, 2.05) is 48.5 Å². The van der Waals surface area contributed by atoms with Crippen molar-refractivity contribution in [2.75, 3.05) is 0 Å². The molecule has 132 valence electrons. The molecule has 1 aliphatic heterocycles. The zero-order chi connectivity index (χ0) is 18.5. The van der Waals surface area contributed by atoms with E-state index in [9.17, 15) is 4.79 Å². The van der Waals surface area contributed by atoms with Crippen molar-refractivity contribution in [2.45, 2.75) is 19.5 Å². The number of ketones is 1. The summed E-state index contributed by atoms with van der Waals surface area (Å²) in [7, 11) is 0. The molecule has 0 spiro atoms. The van der Waals surface area contributed by atoms with Crippen LogP contribution in [-0.4, -0.2) is 23.2 Å². The summed E-state index contributed by atoms with van der Waals surface area (Å²) in [6, 6.07) is 14.9. The van der Waals surface area contributed by atoms with Crippen LogP contribution in [0.2, 0.25) is 0 Å². The summed E-state index contributed by atoms with van der Waals surface area (Å²) in [4.78, 5) is 25.1. The minimum Gasteiger partial charge on any atom is -0.381 e. The van der Waals surface area contributed by atoms with E-state index in [1.54, 1.807) is 0 Å². The molecule has 0 unspecified atom stereocenters. The van der Waals surface area contributed by atoms with Gasteiger partial charge in [-0.2, -0.15) is 0 Å². The van der Waals surface area contributed by atoms with Crippen LogP contribution in [0.1, 0.15) is 17.5 Å². The minimum absolute atomic E-state index is 0.0558. The van der Waals surface area contributed by atoms with Gasteiger partial charge < -0.3 is 17.2 Å². The summed E-state index contributed by atoms with van der Waals surface area (Å²) in [6.07, 6.45) is 0.0632. The fraction of sp³-hybridized carbons (Fsp3) is 0.158. The molecule has 3 rings (SSSR count). The second kappa shape index (κ2) is 7.81. The molecule has 0 saturated carbocycles. The molecule has 0 radical (unpaired) electrons. The van der Waals surface area contributed by atoms with Crippen molar-refractivity contribution >= 4 is 34.5 Å². The lowest BCUT2D eigenvalue weighted by Gasteiger charge is -2.12. The van der Waals surface area contributed by atoms with Crippen LogP contribution in [0.5, 0.6) is 0 Å². The molecule has 0 saturated heterocycles. The van der Waals surface area contributed by atoms with Gasteiger partial charge in [0, 0.05) is 13.1 Å². The molecule has 6 N–H and O–H groups in total. The number of benzene rings is 2. The molecule has 0 aromatic heterocycles. The molecule has 7 heteroatoms. The van der Waals surface area contributed by atoms with Crippen LogP contribution in [-0.2, 0) is 17.9 Å². The van der Waals surface area contributed by atoms with Crippen molar-refractivity contribution in [1.29, 1.82) is 0 Å². The largest absolute Gasteiger partial charge is 0.381 e. The third kappa shape index (κ3) is 4.08. The van der Waals surface area contributed by atoms with Crippen LogP contribution < -0.4 is 17.2 Å². The maximum atomic E-state index is 12.0. The Kier molecular flexibility index (Phi) is 5.31. The molecular formula is C19H20N6O. The quantitative estimate of drug-likeness (QED) is 0.776. The normalized spacial score (nSPS) is 17.6. The Hall–Kier alpha value is -3.16. The molecule has 0 atom stereocenters. The highest BCUT2D eigenvalue weighted by atomic mass is 16.1. The van der Waals surface area contributed by atoms with E-state index in [0.717, 1.165) is 11.1 Å². The van der Waals surface area contributed by atoms with Crippen molar-refractivity contribution in [3.8, 4) is 0 Å². The highest BCUT2D eigenvalue weighted by Crippen LogP contribution is 2.19. The van der Waals surface area contributed by atoms with Gasteiger partial charge in [-0.05, 0) is 35.4 Å². The number of hydrogen-bond acceptors (Lipinski definition) is 6. The Morgan fingerprint density at radius 2 is 1.35 bits per heavy atom. The predicted molar refractivity (Wildman–Crippen MR) is 104 cm³/mol. The second-order valence-electron chi connectivity index (χ2n) is 5.83. The van der Waals surface area contributed by atoms with Gasteiger partial charge in [-0.25, -0.2) is 15.0 Å². The van der Waals surface area contributed by atoms with E-state index in [0.29, 0.717) is 36.0 Å². The smallest absolute Gasteiger partial charge is 0.203 e. The molecule has 1 aliphatic rings.